The summed E-state index contributed by atoms with van der Waals surface area (Å²) in [5.74, 6) is -1.04. The van der Waals surface area contributed by atoms with Gasteiger partial charge in [-0.15, -0.1) is 0 Å². The van der Waals surface area contributed by atoms with E-state index in [1.165, 1.54) is 0 Å². The molecular weight excluding hydrogens is 390 g/mol. The summed E-state index contributed by atoms with van der Waals surface area (Å²) in [7, 11) is 0. The summed E-state index contributed by atoms with van der Waals surface area (Å²) in [5.41, 5.74) is -0.608. The molecule has 1 aromatic carbocycles. The van der Waals surface area contributed by atoms with E-state index in [1.807, 2.05) is 45.0 Å². The van der Waals surface area contributed by atoms with Gasteiger partial charge in [0, 0.05) is 11.0 Å². The SMILES string of the molecule is CC(C)(C)OC(=O)N1CCCC(OCC(=O)O)(c2cccc(Br)c2)C1. The first-order chi connectivity index (χ1) is 11.6. The molecule has 1 heterocycles. The molecule has 6 nitrogen and oxygen atoms in total. The Hall–Kier alpha value is -1.60. The van der Waals surface area contributed by atoms with Crippen LogP contribution < -0.4 is 0 Å². The zero-order chi connectivity index (χ0) is 18.7. The lowest BCUT2D eigenvalue weighted by Crippen LogP contribution is -2.51. The molecule has 138 valence electrons. The van der Waals surface area contributed by atoms with Crippen molar-refractivity contribution >= 4 is 28.0 Å². The van der Waals surface area contributed by atoms with Crippen molar-refractivity contribution in [3.8, 4) is 0 Å². The van der Waals surface area contributed by atoms with Crippen LogP contribution in [0.25, 0.3) is 0 Å². The lowest BCUT2D eigenvalue weighted by molar-refractivity contribution is -0.155. The number of rotatable bonds is 4. The number of carboxylic acids is 1. The fraction of sp³-hybridized carbons (Fsp3) is 0.556. The monoisotopic (exact) mass is 413 g/mol. The van der Waals surface area contributed by atoms with Gasteiger partial charge in [0.2, 0.25) is 0 Å². The van der Waals surface area contributed by atoms with Crippen molar-refractivity contribution in [1.82, 2.24) is 4.90 Å². The van der Waals surface area contributed by atoms with Gasteiger partial charge >= 0.3 is 12.1 Å². The molecule has 0 saturated carbocycles. The van der Waals surface area contributed by atoms with Crippen molar-refractivity contribution in [3.05, 3.63) is 34.3 Å². The van der Waals surface area contributed by atoms with Crippen molar-refractivity contribution in [2.75, 3.05) is 19.7 Å². The predicted molar refractivity (Wildman–Crippen MR) is 96.4 cm³/mol. The smallest absolute Gasteiger partial charge is 0.410 e. The van der Waals surface area contributed by atoms with Gasteiger partial charge in [-0.2, -0.15) is 0 Å². The molecule has 1 N–H and O–H groups in total. The second kappa shape index (κ2) is 7.74. The van der Waals surface area contributed by atoms with Gasteiger partial charge in [0.1, 0.15) is 17.8 Å². The minimum absolute atomic E-state index is 0.256. The van der Waals surface area contributed by atoms with Crippen LogP contribution in [0.15, 0.2) is 28.7 Å². The number of carboxylic acid groups (broad SMARTS) is 1. The summed E-state index contributed by atoms with van der Waals surface area (Å²) >= 11 is 3.44. The van der Waals surface area contributed by atoms with Crippen molar-refractivity contribution < 1.29 is 24.2 Å². The van der Waals surface area contributed by atoms with Crippen LogP contribution in [0, 0.1) is 0 Å². The van der Waals surface area contributed by atoms with E-state index in [9.17, 15) is 9.59 Å². The summed E-state index contributed by atoms with van der Waals surface area (Å²) in [6.07, 6.45) is 0.923. The number of benzene rings is 1. The van der Waals surface area contributed by atoms with E-state index in [1.54, 1.807) is 4.90 Å². The zero-order valence-electron chi connectivity index (χ0n) is 14.8. The number of halogens is 1. The molecule has 1 fully saturated rings. The second-order valence-electron chi connectivity index (χ2n) is 7.19. The highest BCUT2D eigenvalue weighted by Gasteiger charge is 2.41. The van der Waals surface area contributed by atoms with E-state index in [4.69, 9.17) is 14.6 Å². The maximum absolute atomic E-state index is 12.5. The van der Waals surface area contributed by atoms with Crippen LogP contribution in [-0.4, -0.2) is 47.4 Å². The Morgan fingerprint density at radius 3 is 2.68 bits per heavy atom. The Kier molecular flexibility index (Phi) is 6.11. The van der Waals surface area contributed by atoms with Crippen molar-refractivity contribution in [1.29, 1.82) is 0 Å². The first-order valence-electron chi connectivity index (χ1n) is 8.21. The Bertz CT molecular complexity index is 643. The lowest BCUT2D eigenvalue weighted by Gasteiger charge is -2.43. The summed E-state index contributed by atoms with van der Waals surface area (Å²) < 4.78 is 12.1. The third-order valence-electron chi connectivity index (χ3n) is 3.93. The fourth-order valence-electron chi connectivity index (χ4n) is 2.91. The van der Waals surface area contributed by atoms with Crippen LogP contribution in [0.4, 0.5) is 4.79 Å². The Balaban J connectivity index is 2.28. The molecule has 1 unspecified atom stereocenters. The van der Waals surface area contributed by atoms with Gasteiger partial charge in [-0.05, 0) is 51.3 Å². The van der Waals surface area contributed by atoms with Gasteiger partial charge in [-0.1, -0.05) is 28.1 Å². The Morgan fingerprint density at radius 1 is 1.36 bits per heavy atom. The van der Waals surface area contributed by atoms with Crippen molar-refractivity contribution in [2.24, 2.45) is 0 Å². The molecule has 1 amide bonds. The van der Waals surface area contributed by atoms with E-state index in [0.717, 1.165) is 10.0 Å². The molecule has 0 aromatic heterocycles. The first kappa shape index (κ1) is 19.7. The average molecular weight is 414 g/mol. The van der Waals surface area contributed by atoms with Gasteiger partial charge < -0.3 is 19.5 Å². The quantitative estimate of drug-likeness (QED) is 0.812. The first-order valence-corrected chi connectivity index (χ1v) is 9.00. The molecule has 0 radical (unpaired) electrons. The number of carbonyl (C=O) groups excluding carboxylic acids is 1. The van der Waals surface area contributed by atoms with Gasteiger partial charge in [0.05, 0.1) is 6.54 Å². The number of aliphatic carboxylic acids is 1. The molecule has 1 aromatic rings. The van der Waals surface area contributed by atoms with Crippen LogP contribution in [0.5, 0.6) is 0 Å². The molecular formula is C18H24BrNO5. The maximum Gasteiger partial charge on any atom is 0.410 e. The largest absolute Gasteiger partial charge is 0.480 e. The zero-order valence-corrected chi connectivity index (χ0v) is 16.3. The van der Waals surface area contributed by atoms with Crippen LogP contribution in [0.3, 0.4) is 0 Å². The molecule has 1 atom stereocenters. The molecule has 0 bridgehead atoms. The van der Waals surface area contributed by atoms with E-state index < -0.39 is 29.9 Å². The van der Waals surface area contributed by atoms with E-state index in [0.29, 0.717) is 19.4 Å². The van der Waals surface area contributed by atoms with E-state index in [-0.39, 0.29) is 6.54 Å². The van der Waals surface area contributed by atoms with Crippen LogP contribution >= 0.6 is 15.9 Å². The summed E-state index contributed by atoms with van der Waals surface area (Å²) in [5, 5.41) is 9.05. The molecule has 1 saturated heterocycles. The van der Waals surface area contributed by atoms with Crippen LogP contribution in [-0.2, 0) is 19.9 Å². The predicted octanol–water partition coefficient (Wildman–Crippen LogP) is 3.78. The fourth-order valence-corrected chi connectivity index (χ4v) is 3.31. The number of hydrogen-bond acceptors (Lipinski definition) is 4. The molecule has 1 aliphatic heterocycles. The highest BCUT2D eigenvalue weighted by molar-refractivity contribution is 9.10. The van der Waals surface area contributed by atoms with Crippen LogP contribution in [0.1, 0.15) is 39.2 Å². The maximum atomic E-state index is 12.5. The number of carbonyl (C=O) groups is 2. The van der Waals surface area contributed by atoms with Crippen LogP contribution in [0.2, 0.25) is 0 Å². The van der Waals surface area contributed by atoms with Gasteiger partial charge in [-0.3, -0.25) is 0 Å². The minimum Gasteiger partial charge on any atom is -0.480 e. The number of likely N-dealkylation sites (tertiary alicyclic amines) is 1. The van der Waals surface area contributed by atoms with Gasteiger partial charge in [0.25, 0.3) is 0 Å². The Morgan fingerprint density at radius 2 is 2.08 bits per heavy atom. The van der Waals surface area contributed by atoms with E-state index >= 15 is 0 Å². The third-order valence-corrected chi connectivity index (χ3v) is 4.42. The topological polar surface area (TPSA) is 76.1 Å². The van der Waals surface area contributed by atoms with Crippen molar-refractivity contribution in [2.45, 2.75) is 44.8 Å². The van der Waals surface area contributed by atoms with Crippen molar-refractivity contribution in [3.63, 3.8) is 0 Å². The summed E-state index contributed by atoms with van der Waals surface area (Å²) in [6, 6.07) is 7.56. The molecule has 2 rings (SSSR count). The number of nitrogens with zero attached hydrogens (tertiary/aromatic N) is 1. The minimum atomic E-state index is -1.04. The molecule has 0 aliphatic carbocycles. The number of piperidine rings is 1. The standard InChI is InChI=1S/C18H24BrNO5/c1-17(2,3)25-16(23)20-9-5-8-18(12-20,24-11-15(21)22)13-6-4-7-14(19)10-13/h4,6-7,10H,5,8-9,11-12H2,1-3H3,(H,21,22). The highest BCUT2D eigenvalue weighted by Crippen LogP contribution is 2.37. The van der Waals surface area contributed by atoms with E-state index in [2.05, 4.69) is 15.9 Å². The Labute approximate surface area is 156 Å². The molecule has 1 aliphatic rings. The molecule has 0 spiro atoms. The third kappa shape index (κ3) is 5.44. The summed E-state index contributed by atoms with van der Waals surface area (Å²) in [4.78, 5) is 25.1. The average Bonchev–Trinajstić information content (AvgIpc) is 2.51. The molecule has 7 heteroatoms. The number of ether oxygens (including phenoxy) is 2. The second-order valence-corrected chi connectivity index (χ2v) is 8.11. The number of amides is 1. The number of hydrogen-bond donors (Lipinski definition) is 1. The normalized spacial score (nSPS) is 21.0. The highest BCUT2D eigenvalue weighted by atomic mass is 79.9. The van der Waals surface area contributed by atoms with Gasteiger partial charge in [0.15, 0.2) is 0 Å². The summed E-state index contributed by atoms with van der Waals surface area (Å²) in [6.45, 7) is 5.84. The lowest BCUT2D eigenvalue weighted by atomic mass is 9.85. The molecule has 25 heavy (non-hydrogen) atoms. The van der Waals surface area contributed by atoms with Gasteiger partial charge in [-0.25, -0.2) is 9.59 Å².